The van der Waals surface area contributed by atoms with E-state index >= 15 is 0 Å². The third-order valence-electron chi connectivity index (χ3n) is 3.96. The largest absolute Gasteiger partial charge is 0.313 e. The lowest BCUT2D eigenvalue weighted by Crippen LogP contribution is -2.37. The lowest BCUT2D eigenvalue weighted by molar-refractivity contribution is 0.237. The second kappa shape index (κ2) is 7.66. The first-order valence-electron chi connectivity index (χ1n) is 7.79. The van der Waals surface area contributed by atoms with E-state index < -0.39 is 0 Å². The van der Waals surface area contributed by atoms with Crippen LogP contribution in [0, 0.1) is 6.92 Å². The summed E-state index contributed by atoms with van der Waals surface area (Å²) >= 11 is 0. The van der Waals surface area contributed by atoms with Gasteiger partial charge in [0.15, 0.2) is 0 Å². The van der Waals surface area contributed by atoms with Gasteiger partial charge in [0.05, 0.1) is 0 Å². The first-order valence-corrected chi connectivity index (χ1v) is 7.79. The highest BCUT2D eigenvalue weighted by molar-refractivity contribution is 5.22. The van der Waals surface area contributed by atoms with E-state index in [-0.39, 0.29) is 0 Å². The van der Waals surface area contributed by atoms with E-state index in [1.54, 1.807) is 0 Å². The van der Waals surface area contributed by atoms with Crippen LogP contribution in [0.25, 0.3) is 0 Å². The van der Waals surface area contributed by atoms with Crippen molar-refractivity contribution in [3.63, 3.8) is 0 Å². The van der Waals surface area contributed by atoms with E-state index in [4.69, 9.17) is 0 Å². The summed E-state index contributed by atoms with van der Waals surface area (Å²) in [6.45, 7) is 9.18. The molecule has 2 nitrogen and oxygen atoms in total. The van der Waals surface area contributed by atoms with Gasteiger partial charge in [0, 0.05) is 19.1 Å². The average Bonchev–Trinajstić information content (AvgIpc) is 2.89. The van der Waals surface area contributed by atoms with Crippen LogP contribution >= 0.6 is 0 Å². The fraction of sp³-hybridized carbons (Fsp3) is 0.647. The molecule has 19 heavy (non-hydrogen) atoms. The molecule has 0 spiro atoms. The maximum Gasteiger partial charge on any atom is 0.0234 e. The monoisotopic (exact) mass is 260 g/mol. The first kappa shape index (κ1) is 14.5. The van der Waals surface area contributed by atoms with E-state index in [0.717, 1.165) is 6.54 Å². The van der Waals surface area contributed by atoms with Gasteiger partial charge in [0.25, 0.3) is 0 Å². The molecule has 1 aliphatic rings. The SMILES string of the molecule is CCCCN(Cc1cccc(C)c1)CC1CCCN1. The van der Waals surface area contributed by atoms with E-state index in [2.05, 4.69) is 48.3 Å². The molecule has 0 amide bonds. The number of nitrogens with zero attached hydrogens (tertiary/aromatic N) is 1. The van der Waals surface area contributed by atoms with Crippen LogP contribution in [0.5, 0.6) is 0 Å². The Morgan fingerprint density at radius 3 is 2.95 bits per heavy atom. The lowest BCUT2D eigenvalue weighted by Gasteiger charge is -2.25. The van der Waals surface area contributed by atoms with Crippen molar-refractivity contribution in [2.45, 2.75) is 52.1 Å². The summed E-state index contributed by atoms with van der Waals surface area (Å²) in [4.78, 5) is 2.63. The molecule has 106 valence electrons. The smallest absolute Gasteiger partial charge is 0.0234 e. The Bertz CT molecular complexity index is 369. The van der Waals surface area contributed by atoms with Gasteiger partial charge in [0.2, 0.25) is 0 Å². The summed E-state index contributed by atoms with van der Waals surface area (Å²) in [5.41, 5.74) is 2.82. The van der Waals surface area contributed by atoms with Gasteiger partial charge in [-0.3, -0.25) is 4.90 Å². The Labute approximate surface area is 118 Å². The second-order valence-electron chi connectivity index (χ2n) is 5.87. The predicted molar refractivity (Wildman–Crippen MR) is 82.4 cm³/mol. The van der Waals surface area contributed by atoms with Crippen LogP contribution in [-0.2, 0) is 6.54 Å². The van der Waals surface area contributed by atoms with Gasteiger partial charge in [0.1, 0.15) is 0 Å². The van der Waals surface area contributed by atoms with Crippen molar-refractivity contribution in [3.8, 4) is 0 Å². The molecule has 0 radical (unpaired) electrons. The minimum Gasteiger partial charge on any atom is -0.313 e. The van der Waals surface area contributed by atoms with Crippen LogP contribution in [0.1, 0.15) is 43.7 Å². The number of nitrogens with one attached hydrogen (secondary N) is 1. The van der Waals surface area contributed by atoms with Crippen LogP contribution in [-0.4, -0.2) is 30.6 Å². The Kier molecular flexibility index (Phi) is 5.87. The van der Waals surface area contributed by atoms with E-state index in [1.807, 2.05) is 0 Å². The highest BCUT2D eigenvalue weighted by atomic mass is 15.1. The number of hydrogen-bond donors (Lipinski definition) is 1. The van der Waals surface area contributed by atoms with Crippen molar-refractivity contribution in [3.05, 3.63) is 35.4 Å². The summed E-state index contributed by atoms with van der Waals surface area (Å²) in [5.74, 6) is 0. The molecule has 1 fully saturated rings. The van der Waals surface area contributed by atoms with Gasteiger partial charge in [-0.15, -0.1) is 0 Å². The van der Waals surface area contributed by atoms with Gasteiger partial charge in [-0.05, 0) is 44.8 Å². The minimum absolute atomic E-state index is 0.710. The van der Waals surface area contributed by atoms with Crippen molar-refractivity contribution in [2.24, 2.45) is 0 Å². The van der Waals surface area contributed by atoms with Gasteiger partial charge in [-0.2, -0.15) is 0 Å². The standard InChI is InChI=1S/C17H28N2/c1-3-4-11-19(14-17-9-6-10-18-17)13-16-8-5-7-15(2)12-16/h5,7-8,12,17-18H,3-4,6,9-11,13-14H2,1-2H3. The molecule has 2 rings (SSSR count). The van der Waals surface area contributed by atoms with Crippen molar-refractivity contribution in [1.29, 1.82) is 0 Å². The number of hydrogen-bond acceptors (Lipinski definition) is 2. The molecular formula is C17H28N2. The topological polar surface area (TPSA) is 15.3 Å². The Balaban J connectivity index is 1.92. The summed E-state index contributed by atoms with van der Waals surface area (Å²) in [6.07, 6.45) is 5.27. The second-order valence-corrected chi connectivity index (χ2v) is 5.87. The molecule has 0 bridgehead atoms. The summed E-state index contributed by atoms with van der Waals surface area (Å²) in [7, 11) is 0. The fourth-order valence-electron chi connectivity index (χ4n) is 2.91. The van der Waals surface area contributed by atoms with Crippen molar-refractivity contribution in [2.75, 3.05) is 19.6 Å². The summed E-state index contributed by atoms with van der Waals surface area (Å²) in [5, 5.41) is 3.62. The van der Waals surface area contributed by atoms with E-state index in [0.29, 0.717) is 6.04 Å². The molecule has 0 aromatic heterocycles. The molecule has 1 aromatic rings. The third kappa shape index (κ3) is 4.96. The fourth-order valence-corrected chi connectivity index (χ4v) is 2.91. The molecule has 1 aromatic carbocycles. The molecule has 1 atom stereocenters. The van der Waals surface area contributed by atoms with Gasteiger partial charge in [-0.1, -0.05) is 43.2 Å². The highest BCUT2D eigenvalue weighted by Gasteiger charge is 2.17. The molecule has 0 aliphatic carbocycles. The van der Waals surface area contributed by atoms with Crippen LogP contribution in [0.15, 0.2) is 24.3 Å². The quantitative estimate of drug-likeness (QED) is 0.809. The lowest BCUT2D eigenvalue weighted by atomic mass is 10.1. The molecule has 2 heteroatoms. The van der Waals surface area contributed by atoms with Crippen molar-refractivity contribution < 1.29 is 0 Å². The van der Waals surface area contributed by atoms with Gasteiger partial charge >= 0.3 is 0 Å². The Morgan fingerprint density at radius 2 is 2.26 bits per heavy atom. The van der Waals surface area contributed by atoms with Crippen LogP contribution in [0.2, 0.25) is 0 Å². The molecule has 0 saturated carbocycles. The van der Waals surface area contributed by atoms with E-state index in [9.17, 15) is 0 Å². The summed E-state index contributed by atoms with van der Waals surface area (Å²) < 4.78 is 0. The highest BCUT2D eigenvalue weighted by Crippen LogP contribution is 2.12. The maximum atomic E-state index is 3.62. The zero-order valence-electron chi connectivity index (χ0n) is 12.5. The number of unbranched alkanes of at least 4 members (excludes halogenated alkanes) is 1. The Hall–Kier alpha value is -0.860. The number of rotatable bonds is 7. The molecular weight excluding hydrogens is 232 g/mol. The van der Waals surface area contributed by atoms with E-state index in [1.165, 1.54) is 56.4 Å². The zero-order chi connectivity index (χ0) is 13.5. The molecule has 1 unspecified atom stereocenters. The maximum absolute atomic E-state index is 3.62. The van der Waals surface area contributed by atoms with Crippen LogP contribution in [0.3, 0.4) is 0 Å². The number of benzene rings is 1. The van der Waals surface area contributed by atoms with Crippen LogP contribution < -0.4 is 5.32 Å². The zero-order valence-corrected chi connectivity index (χ0v) is 12.5. The molecule has 1 N–H and O–H groups in total. The molecule has 1 heterocycles. The third-order valence-corrected chi connectivity index (χ3v) is 3.96. The van der Waals surface area contributed by atoms with Gasteiger partial charge in [-0.25, -0.2) is 0 Å². The molecule has 1 saturated heterocycles. The van der Waals surface area contributed by atoms with Crippen molar-refractivity contribution in [1.82, 2.24) is 10.2 Å². The van der Waals surface area contributed by atoms with Gasteiger partial charge < -0.3 is 5.32 Å². The Morgan fingerprint density at radius 1 is 1.37 bits per heavy atom. The predicted octanol–water partition coefficient (Wildman–Crippen LogP) is 3.35. The minimum atomic E-state index is 0.710. The molecule has 1 aliphatic heterocycles. The average molecular weight is 260 g/mol. The van der Waals surface area contributed by atoms with Crippen molar-refractivity contribution >= 4 is 0 Å². The number of aryl methyl sites for hydroxylation is 1. The normalized spacial score (nSPS) is 19.2. The first-order chi connectivity index (χ1) is 9.28. The van der Waals surface area contributed by atoms with Crippen LogP contribution in [0.4, 0.5) is 0 Å². The summed E-state index contributed by atoms with van der Waals surface area (Å²) in [6, 6.07) is 9.64.